The molecule has 0 aliphatic heterocycles. The van der Waals surface area contributed by atoms with Gasteiger partial charge in [-0.3, -0.25) is 0 Å². The number of nitrogens with zero attached hydrogens (tertiary/aromatic N) is 1. The second-order valence-electron chi connectivity index (χ2n) is 6.56. The summed E-state index contributed by atoms with van der Waals surface area (Å²) >= 11 is 0. The SMILES string of the molecule is CC(C)(C)CC(Nc1ccc(C#N)cc1)c1ccccc1. The number of nitrogens with one attached hydrogen (secondary N) is 1. The molecule has 2 aromatic rings. The van der Waals surface area contributed by atoms with Crippen LogP contribution in [0.4, 0.5) is 5.69 Å². The Morgan fingerprint density at radius 2 is 1.62 bits per heavy atom. The summed E-state index contributed by atoms with van der Waals surface area (Å²) in [6.07, 6.45) is 1.04. The summed E-state index contributed by atoms with van der Waals surface area (Å²) in [5, 5.41) is 12.5. The van der Waals surface area contributed by atoms with Gasteiger partial charge in [-0.25, -0.2) is 0 Å². The summed E-state index contributed by atoms with van der Waals surface area (Å²) in [5.41, 5.74) is 3.26. The Bertz CT molecular complexity index is 601. The van der Waals surface area contributed by atoms with Gasteiger partial charge in [0.1, 0.15) is 0 Å². The van der Waals surface area contributed by atoms with E-state index in [0.717, 1.165) is 12.1 Å². The second-order valence-corrected chi connectivity index (χ2v) is 6.56. The van der Waals surface area contributed by atoms with E-state index in [2.05, 4.69) is 56.4 Å². The normalized spacial score (nSPS) is 12.5. The third-order valence-corrected chi connectivity index (χ3v) is 3.37. The largest absolute Gasteiger partial charge is 0.378 e. The van der Waals surface area contributed by atoms with Crippen LogP contribution in [0.2, 0.25) is 0 Å². The zero-order valence-corrected chi connectivity index (χ0v) is 12.9. The number of anilines is 1. The van der Waals surface area contributed by atoms with Gasteiger partial charge in [-0.2, -0.15) is 5.26 Å². The van der Waals surface area contributed by atoms with E-state index in [1.807, 2.05) is 30.3 Å². The van der Waals surface area contributed by atoms with Crippen LogP contribution in [0, 0.1) is 16.7 Å². The summed E-state index contributed by atoms with van der Waals surface area (Å²) in [4.78, 5) is 0. The molecule has 0 aromatic heterocycles. The fourth-order valence-corrected chi connectivity index (χ4v) is 2.39. The van der Waals surface area contributed by atoms with E-state index >= 15 is 0 Å². The number of hydrogen-bond donors (Lipinski definition) is 1. The molecule has 0 saturated heterocycles. The van der Waals surface area contributed by atoms with Crippen molar-refractivity contribution >= 4 is 5.69 Å². The van der Waals surface area contributed by atoms with Crippen LogP contribution in [0.3, 0.4) is 0 Å². The van der Waals surface area contributed by atoms with Gasteiger partial charge in [0.05, 0.1) is 17.7 Å². The highest BCUT2D eigenvalue weighted by atomic mass is 14.9. The van der Waals surface area contributed by atoms with E-state index < -0.39 is 0 Å². The molecule has 1 atom stereocenters. The van der Waals surface area contributed by atoms with E-state index in [1.54, 1.807) is 0 Å². The Kier molecular flexibility index (Phi) is 4.65. The van der Waals surface area contributed by atoms with Crippen molar-refractivity contribution in [2.24, 2.45) is 5.41 Å². The zero-order valence-electron chi connectivity index (χ0n) is 12.9. The van der Waals surface area contributed by atoms with Crippen LogP contribution in [0.1, 0.15) is 44.4 Å². The standard InChI is InChI=1S/C19H22N2/c1-19(2,3)13-18(16-7-5-4-6-8-16)21-17-11-9-15(14-20)10-12-17/h4-12,18,21H,13H2,1-3H3. The quantitative estimate of drug-likeness (QED) is 0.839. The molecule has 2 rings (SSSR count). The average Bonchev–Trinajstić information content (AvgIpc) is 2.47. The Labute approximate surface area is 127 Å². The summed E-state index contributed by atoms with van der Waals surface area (Å²) < 4.78 is 0. The zero-order chi connectivity index (χ0) is 15.3. The molecule has 2 heteroatoms. The van der Waals surface area contributed by atoms with Crippen molar-refractivity contribution in [3.8, 4) is 6.07 Å². The first-order valence-electron chi connectivity index (χ1n) is 7.29. The van der Waals surface area contributed by atoms with Crippen molar-refractivity contribution in [2.75, 3.05) is 5.32 Å². The molecule has 0 saturated carbocycles. The number of nitriles is 1. The van der Waals surface area contributed by atoms with Crippen molar-refractivity contribution in [1.82, 2.24) is 0 Å². The Hall–Kier alpha value is -2.27. The number of rotatable bonds is 4. The lowest BCUT2D eigenvalue weighted by molar-refractivity contribution is 0.352. The highest BCUT2D eigenvalue weighted by molar-refractivity contribution is 5.49. The van der Waals surface area contributed by atoms with Crippen LogP contribution in [0.25, 0.3) is 0 Å². The molecule has 2 nitrogen and oxygen atoms in total. The fourth-order valence-electron chi connectivity index (χ4n) is 2.39. The van der Waals surface area contributed by atoms with Gasteiger partial charge in [0.2, 0.25) is 0 Å². The van der Waals surface area contributed by atoms with Gasteiger partial charge in [0, 0.05) is 5.69 Å². The third kappa shape index (κ3) is 4.65. The lowest BCUT2D eigenvalue weighted by atomic mass is 9.85. The monoisotopic (exact) mass is 278 g/mol. The summed E-state index contributed by atoms with van der Waals surface area (Å²) in [7, 11) is 0. The third-order valence-electron chi connectivity index (χ3n) is 3.37. The Balaban J connectivity index is 2.21. The van der Waals surface area contributed by atoms with Crippen LogP contribution < -0.4 is 5.32 Å². The van der Waals surface area contributed by atoms with Crippen LogP contribution >= 0.6 is 0 Å². The first kappa shape index (κ1) is 15.1. The summed E-state index contributed by atoms with van der Waals surface area (Å²) in [6, 6.07) is 20.6. The molecule has 21 heavy (non-hydrogen) atoms. The molecule has 0 fully saturated rings. The maximum absolute atomic E-state index is 8.87. The Morgan fingerprint density at radius 1 is 1.00 bits per heavy atom. The van der Waals surface area contributed by atoms with E-state index in [-0.39, 0.29) is 11.5 Å². The minimum absolute atomic E-state index is 0.236. The average molecular weight is 278 g/mol. The molecular formula is C19H22N2. The smallest absolute Gasteiger partial charge is 0.0991 e. The van der Waals surface area contributed by atoms with Gasteiger partial charge < -0.3 is 5.32 Å². The van der Waals surface area contributed by atoms with E-state index in [4.69, 9.17) is 5.26 Å². The van der Waals surface area contributed by atoms with Crippen LogP contribution in [0.5, 0.6) is 0 Å². The summed E-state index contributed by atoms with van der Waals surface area (Å²) in [6.45, 7) is 6.76. The van der Waals surface area contributed by atoms with Gasteiger partial charge in [0.15, 0.2) is 0 Å². The molecular weight excluding hydrogens is 256 g/mol. The lowest BCUT2D eigenvalue weighted by Crippen LogP contribution is -2.18. The van der Waals surface area contributed by atoms with Gasteiger partial charge in [0.25, 0.3) is 0 Å². The maximum atomic E-state index is 8.87. The first-order valence-corrected chi connectivity index (χ1v) is 7.29. The number of hydrogen-bond acceptors (Lipinski definition) is 2. The first-order chi connectivity index (χ1) is 9.98. The molecule has 0 aliphatic carbocycles. The van der Waals surface area contributed by atoms with Crippen LogP contribution in [0.15, 0.2) is 54.6 Å². The molecule has 0 heterocycles. The predicted molar refractivity (Wildman–Crippen MR) is 88.0 cm³/mol. The topological polar surface area (TPSA) is 35.8 Å². The molecule has 1 unspecified atom stereocenters. The van der Waals surface area contributed by atoms with Crippen molar-refractivity contribution in [2.45, 2.75) is 33.2 Å². The number of benzene rings is 2. The molecule has 0 amide bonds. The highest BCUT2D eigenvalue weighted by Gasteiger charge is 2.20. The molecule has 2 aromatic carbocycles. The highest BCUT2D eigenvalue weighted by Crippen LogP contribution is 2.32. The van der Waals surface area contributed by atoms with Crippen molar-refractivity contribution in [1.29, 1.82) is 5.26 Å². The van der Waals surface area contributed by atoms with Crippen molar-refractivity contribution in [3.05, 3.63) is 65.7 Å². The maximum Gasteiger partial charge on any atom is 0.0991 e. The van der Waals surface area contributed by atoms with Crippen molar-refractivity contribution in [3.63, 3.8) is 0 Å². The van der Waals surface area contributed by atoms with E-state index in [0.29, 0.717) is 5.56 Å². The minimum atomic E-state index is 0.236. The molecule has 1 N–H and O–H groups in total. The molecule has 0 spiro atoms. The lowest BCUT2D eigenvalue weighted by Gasteiger charge is -2.28. The van der Waals surface area contributed by atoms with Crippen molar-refractivity contribution < 1.29 is 0 Å². The molecule has 108 valence electrons. The predicted octanol–water partition coefficient (Wildman–Crippen LogP) is 5.15. The van der Waals surface area contributed by atoms with Gasteiger partial charge >= 0.3 is 0 Å². The molecule has 0 radical (unpaired) electrons. The Morgan fingerprint density at radius 3 is 2.14 bits per heavy atom. The molecule has 0 bridgehead atoms. The molecule has 0 aliphatic rings. The van der Waals surface area contributed by atoms with Crippen LogP contribution in [-0.2, 0) is 0 Å². The van der Waals surface area contributed by atoms with Gasteiger partial charge in [-0.15, -0.1) is 0 Å². The van der Waals surface area contributed by atoms with Crippen LogP contribution in [-0.4, -0.2) is 0 Å². The summed E-state index contributed by atoms with van der Waals surface area (Å²) in [5.74, 6) is 0. The second kappa shape index (κ2) is 6.45. The van der Waals surface area contributed by atoms with E-state index in [9.17, 15) is 0 Å². The fraction of sp³-hybridized carbons (Fsp3) is 0.316. The minimum Gasteiger partial charge on any atom is -0.378 e. The van der Waals surface area contributed by atoms with Gasteiger partial charge in [-0.1, -0.05) is 51.1 Å². The van der Waals surface area contributed by atoms with E-state index in [1.165, 1.54) is 5.56 Å². The van der Waals surface area contributed by atoms with Gasteiger partial charge in [-0.05, 0) is 41.7 Å².